The Balaban J connectivity index is 0.00000132. The average molecular weight is 361 g/mol. The predicted molar refractivity (Wildman–Crippen MR) is 92.1 cm³/mol. The Bertz CT molecular complexity index is 589. The highest BCUT2D eigenvalue weighted by atomic mass is 35.5. The number of pyridine rings is 1. The van der Waals surface area contributed by atoms with Gasteiger partial charge in [-0.3, -0.25) is 14.6 Å². The average Bonchev–Trinajstić information content (AvgIpc) is 3.08. The van der Waals surface area contributed by atoms with Gasteiger partial charge in [0.2, 0.25) is 5.91 Å². The van der Waals surface area contributed by atoms with E-state index in [-0.39, 0.29) is 43.2 Å². The van der Waals surface area contributed by atoms with E-state index in [1.165, 1.54) is 4.90 Å². The van der Waals surface area contributed by atoms with Gasteiger partial charge in [-0.25, -0.2) is 0 Å². The van der Waals surface area contributed by atoms with E-state index in [0.717, 1.165) is 30.8 Å². The van der Waals surface area contributed by atoms with Crippen LogP contribution >= 0.6 is 24.8 Å². The van der Waals surface area contributed by atoms with Crippen LogP contribution in [0.1, 0.15) is 40.6 Å². The van der Waals surface area contributed by atoms with E-state index in [2.05, 4.69) is 10.3 Å². The third-order valence-electron chi connectivity index (χ3n) is 4.10. The molecule has 6 nitrogen and oxygen atoms in total. The Labute approximate surface area is 148 Å². The summed E-state index contributed by atoms with van der Waals surface area (Å²) in [6.07, 6.45) is 2.24. The van der Waals surface area contributed by atoms with Crippen LogP contribution in [0.4, 0.5) is 0 Å². The number of rotatable bonds is 3. The lowest BCUT2D eigenvalue weighted by Gasteiger charge is -2.17. The van der Waals surface area contributed by atoms with Crippen LogP contribution in [-0.4, -0.2) is 53.8 Å². The van der Waals surface area contributed by atoms with Crippen molar-refractivity contribution in [2.45, 2.75) is 25.4 Å². The fourth-order valence-corrected chi connectivity index (χ4v) is 2.82. The fourth-order valence-electron chi connectivity index (χ4n) is 2.82. The molecule has 1 unspecified atom stereocenters. The van der Waals surface area contributed by atoms with Crippen molar-refractivity contribution in [2.75, 3.05) is 27.2 Å². The van der Waals surface area contributed by atoms with Crippen LogP contribution in [0.5, 0.6) is 0 Å². The zero-order chi connectivity index (χ0) is 15.0. The maximum absolute atomic E-state index is 12.3. The summed E-state index contributed by atoms with van der Waals surface area (Å²) in [6.45, 7) is 1.55. The molecule has 2 amide bonds. The first-order valence-electron chi connectivity index (χ1n) is 7.29. The number of halogens is 2. The number of fused-ring (bicyclic) bond motifs is 1. The molecule has 3 heterocycles. The third-order valence-corrected chi connectivity index (χ3v) is 4.10. The Morgan fingerprint density at radius 2 is 2.13 bits per heavy atom. The van der Waals surface area contributed by atoms with Crippen molar-refractivity contribution in [3.05, 3.63) is 29.1 Å². The van der Waals surface area contributed by atoms with Gasteiger partial charge >= 0.3 is 0 Å². The molecular weight excluding hydrogens is 339 g/mol. The molecule has 1 aromatic rings. The summed E-state index contributed by atoms with van der Waals surface area (Å²) in [4.78, 5) is 31.8. The molecule has 0 spiro atoms. The lowest BCUT2D eigenvalue weighted by atomic mass is 10.1. The summed E-state index contributed by atoms with van der Waals surface area (Å²) >= 11 is 0. The van der Waals surface area contributed by atoms with Gasteiger partial charge in [-0.2, -0.15) is 0 Å². The van der Waals surface area contributed by atoms with Gasteiger partial charge in [-0.1, -0.05) is 0 Å². The Morgan fingerprint density at radius 1 is 1.39 bits per heavy atom. The van der Waals surface area contributed by atoms with Crippen LogP contribution < -0.4 is 5.32 Å². The molecule has 0 radical (unpaired) electrons. The first kappa shape index (κ1) is 19.7. The lowest BCUT2D eigenvalue weighted by molar-refractivity contribution is -0.129. The number of amides is 2. The second kappa shape index (κ2) is 7.95. The number of carbonyl (C=O) groups excluding carboxylic acids is 2. The maximum atomic E-state index is 12.3. The van der Waals surface area contributed by atoms with E-state index in [9.17, 15) is 9.59 Å². The highest BCUT2D eigenvalue weighted by Gasteiger charge is 2.31. The first-order chi connectivity index (χ1) is 10.1. The van der Waals surface area contributed by atoms with Crippen LogP contribution in [-0.2, 0) is 11.3 Å². The van der Waals surface area contributed by atoms with Gasteiger partial charge in [-0.05, 0) is 31.5 Å². The molecule has 2 aliphatic rings. The molecule has 0 aromatic carbocycles. The zero-order valence-electron chi connectivity index (χ0n) is 13.2. The second-order valence-corrected chi connectivity index (χ2v) is 5.83. The van der Waals surface area contributed by atoms with E-state index >= 15 is 0 Å². The Hall–Kier alpha value is -1.37. The topological polar surface area (TPSA) is 65.5 Å². The molecule has 23 heavy (non-hydrogen) atoms. The van der Waals surface area contributed by atoms with Gasteiger partial charge < -0.3 is 15.1 Å². The first-order valence-corrected chi connectivity index (χ1v) is 7.29. The predicted octanol–water partition coefficient (Wildman–Crippen LogP) is 1.39. The van der Waals surface area contributed by atoms with Crippen molar-refractivity contribution in [1.82, 2.24) is 20.1 Å². The number of hydrogen-bond acceptors (Lipinski definition) is 4. The number of carbonyl (C=O) groups is 2. The minimum absolute atomic E-state index is 0. The van der Waals surface area contributed by atoms with Crippen LogP contribution in [0.3, 0.4) is 0 Å². The minimum Gasteiger partial charge on any atom is -0.347 e. The third kappa shape index (κ3) is 3.94. The fraction of sp³-hybridized carbons (Fsp3) is 0.533. The number of hydrogen-bond donors (Lipinski definition) is 1. The van der Waals surface area contributed by atoms with Gasteiger partial charge in [0, 0.05) is 20.1 Å². The lowest BCUT2D eigenvalue weighted by Crippen LogP contribution is -2.36. The summed E-state index contributed by atoms with van der Waals surface area (Å²) in [7, 11) is 3.39. The van der Waals surface area contributed by atoms with Crippen LogP contribution in [0.15, 0.2) is 12.1 Å². The van der Waals surface area contributed by atoms with Crippen LogP contribution in [0.2, 0.25) is 0 Å². The van der Waals surface area contributed by atoms with Gasteiger partial charge in [-0.15, -0.1) is 24.8 Å². The molecule has 1 saturated heterocycles. The number of aromatic nitrogens is 1. The highest BCUT2D eigenvalue weighted by molar-refractivity contribution is 5.99. The van der Waals surface area contributed by atoms with Crippen molar-refractivity contribution in [2.24, 2.45) is 0 Å². The molecular formula is C15H22Cl2N4O2. The summed E-state index contributed by atoms with van der Waals surface area (Å²) in [5.41, 5.74) is 2.42. The standard InChI is InChI=1S/C15H20N4O2.2ClH/c1-18(2)14(20)9-19-8-13-10(15(19)21)5-6-12(17-13)11-4-3-7-16-11;;/h5-6,11,16H,3-4,7-9H2,1-2H3;2*1H. The Kier molecular flexibility index (Phi) is 6.80. The quantitative estimate of drug-likeness (QED) is 0.884. The largest absolute Gasteiger partial charge is 0.347 e. The number of likely N-dealkylation sites (N-methyl/N-ethyl adjacent to an activating group) is 1. The van der Waals surface area contributed by atoms with Crippen molar-refractivity contribution < 1.29 is 9.59 Å². The van der Waals surface area contributed by atoms with Crippen LogP contribution in [0.25, 0.3) is 0 Å². The van der Waals surface area contributed by atoms with Crippen molar-refractivity contribution in [3.63, 3.8) is 0 Å². The SMILES string of the molecule is CN(C)C(=O)CN1Cc2nc(C3CCCN3)ccc2C1=O.Cl.Cl. The number of nitrogens with zero attached hydrogens (tertiary/aromatic N) is 3. The van der Waals surface area contributed by atoms with Crippen molar-refractivity contribution in [3.8, 4) is 0 Å². The van der Waals surface area contributed by atoms with Gasteiger partial charge in [0.05, 0.1) is 23.5 Å². The molecule has 2 aliphatic heterocycles. The second-order valence-electron chi connectivity index (χ2n) is 5.83. The molecule has 1 aromatic heterocycles. The maximum Gasteiger partial charge on any atom is 0.256 e. The summed E-state index contributed by atoms with van der Waals surface area (Å²) in [5.74, 6) is -0.174. The Morgan fingerprint density at radius 3 is 2.74 bits per heavy atom. The van der Waals surface area contributed by atoms with Gasteiger partial charge in [0.25, 0.3) is 5.91 Å². The van der Waals surface area contributed by atoms with Gasteiger partial charge in [0.15, 0.2) is 0 Å². The van der Waals surface area contributed by atoms with Gasteiger partial charge in [0.1, 0.15) is 6.54 Å². The monoisotopic (exact) mass is 360 g/mol. The molecule has 3 rings (SSSR count). The van der Waals surface area contributed by atoms with E-state index < -0.39 is 0 Å². The van der Waals surface area contributed by atoms with Crippen molar-refractivity contribution >= 4 is 36.6 Å². The molecule has 1 N–H and O–H groups in total. The molecule has 0 saturated carbocycles. The summed E-state index contributed by atoms with van der Waals surface area (Å²) < 4.78 is 0. The summed E-state index contributed by atoms with van der Waals surface area (Å²) in [5, 5.41) is 3.41. The molecule has 1 fully saturated rings. The zero-order valence-corrected chi connectivity index (χ0v) is 14.9. The highest BCUT2D eigenvalue weighted by Crippen LogP contribution is 2.26. The van der Waals surface area contributed by atoms with E-state index in [0.29, 0.717) is 18.2 Å². The molecule has 8 heteroatoms. The van der Waals surface area contributed by atoms with E-state index in [4.69, 9.17) is 0 Å². The minimum atomic E-state index is -0.0985. The molecule has 1 atom stereocenters. The normalized spacial score (nSPS) is 19.0. The number of nitrogens with one attached hydrogen (secondary N) is 1. The van der Waals surface area contributed by atoms with Crippen LogP contribution in [0, 0.1) is 0 Å². The van der Waals surface area contributed by atoms with Crippen molar-refractivity contribution in [1.29, 1.82) is 0 Å². The molecule has 128 valence electrons. The smallest absolute Gasteiger partial charge is 0.256 e. The molecule has 0 aliphatic carbocycles. The molecule has 0 bridgehead atoms. The van der Waals surface area contributed by atoms with E-state index in [1.54, 1.807) is 19.0 Å². The summed E-state index contributed by atoms with van der Waals surface area (Å²) in [6, 6.07) is 4.07. The van der Waals surface area contributed by atoms with E-state index in [1.807, 2.05) is 12.1 Å².